The largest absolute Gasteiger partial charge is 0.481 e. The Kier molecular flexibility index (Phi) is 3.94. The monoisotopic (exact) mass is 314 g/mol. The highest BCUT2D eigenvalue weighted by Gasteiger charge is 2.55. The molecule has 0 spiro atoms. The molecule has 8 heteroatoms. The van der Waals surface area contributed by atoms with Crippen LogP contribution >= 0.6 is 0 Å². The summed E-state index contributed by atoms with van der Waals surface area (Å²) >= 11 is 0. The highest BCUT2D eigenvalue weighted by molar-refractivity contribution is 5.72. The van der Waals surface area contributed by atoms with Crippen LogP contribution in [0.1, 0.15) is 12.8 Å². The van der Waals surface area contributed by atoms with Crippen molar-refractivity contribution in [1.82, 2.24) is 0 Å². The van der Waals surface area contributed by atoms with Gasteiger partial charge in [-0.05, 0) is 12.8 Å². The van der Waals surface area contributed by atoms with Crippen LogP contribution in [0.4, 0.5) is 0 Å². The molecule has 0 aromatic heterocycles. The van der Waals surface area contributed by atoms with Crippen LogP contribution in [-0.4, -0.2) is 69.0 Å². The van der Waals surface area contributed by atoms with Crippen LogP contribution in [0, 0.1) is 11.8 Å². The molecule has 3 fully saturated rings. The van der Waals surface area contributed by atoms with Crippen LogP contribution in [0.3, 0.4) is 0 Å². The van der Waals surface area contributed by atoms with Gasteiger partial charge in [-0.25, -0.2) is 0 Å². The fraction of sp³-hybridized carbons (Fsp3) is 0.714. The lowest BCUT2D eigenvalue weighted by Crippen LogP contribution is -2.43. The van der Waals surface area contributed by atoms with Gasteiger partial charge in [0.25, 0.3) is 0 Å². The van der Waals surface area contributed by atoms with Crippen LogP contribution in [0.25, 0.3) is 0 Å². The summed E-state index contributed by atoms with van der Waals surface area (Å²) in [6.45, 7) is 0. The number of carboxylic acid groups (broad SMARTS) is 2. The lowest BCUT2D eigenvalue weighted by atomic mass is 9.85. The number of aliphatic carboxylic acids is 2. The average Bonchev–Trinajstić information content (AvgIpc) is 3.22. The lowest BCUT2D eigenvalue weighted by Gasteiger charge is -2.23. The van der Waals surface area contributed by atoms with Crippen molar-refractivity contribution in [2.24, 2.45) is 11.8 Å². The van der Waals surface area contributed by atoms with Gasteiger partial charge in [-0.1, -0.05) is 12.2 Å². The van der Waals surface area contributed by atoms with Crippen molar-refractivity contribution < 1.29 is 39.5 Å². The van der Waals surface area contributed by atoms with Crippen molar-refractivity contribution in [3.05, 3.63) is 12.2 Å². The van der Waals surface area contributed by atoms with Crippen LogP contribution in [0.5, 0.6) is 0 Å². The van der Waals surface area contributed by atoms with E-state index in [9.17, 15) is 19.8 Å². The zero-order valence-electron chi connectivity index (χ0n) is 11.6. The molecule has 122 valence electrons. The molecule has 0 aliphatic carbocycles. The molecule has 4 aliphatic rings. The molecular weight excluding hydrogens is 296 g/mol. The molecule has 0 radical (unpaired) electrons. The van der Waals surface area contributed by atoms with Crippen molar-refractivity contribution in [3.8, 4) is 0 Å². The Hall–Kier alpha value is -1.48. The molecule has 4 rings (SSSR count). The first kappa shape index (κ1) is 15.4. The minimum Gasteiger partial charge on any atom is -0.481 e. The van der Waals surface area contributed by atoms with Crippen molar-refractivity contribution in [2.75, 3.05) is 0 Å². The van der Waals surface area contributed by atoms with Gasteiger partial charge < -0.3 is 29.9 Å². The molecule has 4 bridgehead atoms. The van der Waals surface area contributed by atoms with Gasteiger partial charge in [-0.15, -0.1) is 0 Å². The molecule has 5 unspecified atom stereocenters. The summed E-state index contributed by atoms with van der Waals surface area (Å²) in [5.41, 5.74) is 0. The SMILES string of the molecule is O=C(O)C1C[C@@H]2OC1C(O)[C@@H]2O.O=C(O)C1C[C@H]2C=CC1O2. The summed E-state index contributed by atoms with van der Waals surface area (Å²) in [4.78, 5) is 21.0. The van der Waals surface area contributed by atoms with Crippen molar-refractivity contribution in [2.45, 2.75) is 49.5 Å². The van der Waals surface area contributed by atoms with E-state index >= 15 is 0 Å². The number of hydrogen-bond acceptors (Lipinski definition) is 6. The van der Waals surface area contributed by atoms with Gasteiger partial charge in [0, 0.05) is 0 Å². The van der Waals surface area contributed by atoms with E-state index in [1.807, 2.05) is 12.2 Å². The summed E-state index contributed by atoms with van der Waals surface area (Å²) in [5.74, 6) is -2.66. The van der Waals surface area contributed by atoms with E-state index in [0.29, 0.717) is 12.8 Å². The first-order valence-corrected chi connectivity index (χ1v) is 7.19. The summed E-state index contributed by atoms with van der Waals surface area (Å²) < 4.78 is 10.3. The summed E-state index contributed by atoms with van der Waals surface area (Å²) in [5, 5.41) is 35.8. The predicted octanol–water partition coefficient (Wildman–Crippen LogP) is -1.01. The molecule has 0 aromatic rings. The van der Waals surface area contributed by atoms with E-state index in [1.54, 1.807) is 0 Å². The molecule has 8 nitrogen and oxygen atoms in total. The first-order chi connectivity index (χ1) is 10.4. The van der Waals surface area contributed by atoms with Crippen LogP contribution in [0.15, 0.2) is 12.2 Å². The standard InChI is InChI=1S/C7H10O5.C7H8O3/c8-4-3-1-2(7(10)11)6(12-3)5(4)9;8-7(9)5-3-4-1-2-6(5)10-4/h2-6,8-9H,1H2,(H,10,11);1-2,4-6H,3H2,(H,8,9)/t2?,3-,4+,5?,6?;4-,5?,6?/m01/s1. The third kappa shape index (κ3) is 2.52. The first-order valence-electron chi connectivity index (χ1n) is 7.19. The fourth-order valence-electron chi connectivity index (χ4n) is 3.45. The fourth-order valence-corrected chi connectivity index (χ4v) is 3.45. The summed E-state index contributed by atoms with van der Waals surface area (Å²) in [7, 11) is 0. The Morgan fingerprint density at radius 2 is 1.59 bits per heavy atom. The Labute approximate surface area is 126 Å². The van der Waals surface area contributed by atoms with E-state index in [-0.39, 0.29) is 18.1 Å². The third-order valence-corrected chi connectivity index (χ3v) is 4.65. The Morgan fingerprint density at radius 3 is 1.95 bits per heavy atom. The second kappa shape index (κ2) is 5.62. The van der Waals surface area contributed by atoms with E-state index < -0.39 is 42.3 Å². The molecule has 4 aliphatic heterocycles. The highest BCUT2D eigenvalue weighted by atomic mass is 16.6. The molecular formula is C14H18O8. The van der Waals surface area contributed by atoms with Crippen LogP contribution < -0.4 is 0 Å². The van der Waals surface area contributed by atoms with Gasteiger partial charge in [0.1, 0.15) is 12.2 Å². The number of aliphatic hydroxyl groups excluding tert-OH is 2. The zero-order valence-corrected chi connectivity index (χ0v) is 11.6. The Bertz CT molecular complexity index is 501. The molecule has 0 aromatic carbocycles. The number of fused-ring (bicyclic) bond motifs is 4. The number of carbonyl (C=O) groups is 2. The van der Waals surface area contributed by atoms with E-state index in [1.165, 1.54) is 0 Å². The number of rotatable bonds is 2. The quantitative estimate of drug-likeness (QED) is 0.477. The van der Waals surface area contributed by atoms with Crippen molar-refractivity contribution >= 4 is 11.9 Å². The van der Waals surface area contributed by atoms with Gasteiger partial charge in [0.05, 0.1) is 36.3 Å². The molecule has 8 atom stereocenters. The predicted molar refractivity (Wildman–Crippen MR) is 70.0 cm³/mol. The second-order valence-electron chi connectivity index (χ2n) is 6.01. The van der Waals surface area contributed by atoms with Crippen LogP contribution in [-0.2, 0) is 19.1 Å². The molecule has 0 saturated carbocycles. The Balaban J connectivity index is 0.000000133. The Morgan fingerprint density at radius 1 is 0.909 bits per heavy atom. The lowest BCUT2D eigenvalue weighted by molar-refractivity contribution is -0.146. The third-order valence-electron chi connectivity index (χ3n) is 4.65. The van der Waals surface area contributed by atoms with Gasteiger partial charge in [0.15, 0.2) is 0 Å². The van der Waals surface area contributed by atoms with Crippen molar-refractivity contribution in [3.63, 3.8) is 0 Å². The van der Waals surface area contributed by atoms with E-state index in [2.05, 4.69) is 0 Å². The number of aliphatic hydroxyl groups is 2. The minimum atomic E-state index is -1.04. The van der Waals surface area contributed by atoms with Gasteiger partial charge in [0.2, 0.25) is 0 Å². The summed E-state index contributed by atoms with van der Waals surface area (Å²) in [6.07, 6.45) is 1.49. The number of carboxylic acids is 2. The van der Waals surface area contributed by atoms with E-state index in [0.717, 1.165) is 0 Å². The molecule has 0 amide bonds. The topological polar surface area (TPSA) is 134 Å². The zero-order chi connectivity index (χ0) is 16.0. The van der Waals surface area contributed by atoms with Crippen molar-refractivity contribution in [1.29, 1.82) is 0 Å². The van der Waals surface area contributed by atoms with Gasteiger partial charge in [-0.2, -0.15) is 0 Å². The van der Waals surface area contributed by atoms with E-state index in [4.69, 9.17) is 19.7 Å². The average molecular weight is 314 g/mol. The maximum absolute atomic E-state index is 10.6. The maximum atomic E-state index is 10.6. The molecule has 4 N–H and O–H groups in total. The smallest absolute Gasteiger partial charge is 0.309 e. The van der Waals surface area contributed by atoms with Gasteiger partial charge >= 0.3 is 11.9 Å². The molecule has 22 heavy (non-hydrogen) atoms. The van der Waals surface area contributed by atoms with Gasteiger partial charge in [-0.3, -0.25) is 9.59 Å². The molecule has 4 heterocycles. The maximum Gasteiger partial charge on any atom is 0.309 e. The van der Waals surface area contributed by atoms with Crippen LogP contribution in [0.2, 0.25) is 0 Å². The summed E-state index contributed by atoms with van der Waals surface area (Å²) in [6, 6.07) is 0. The highest BCUT2D eigenvalue weighted by Crippen LogP contribution is 2.39. The second-order valence-corrected chi connectivity index (χ2v) is 6.01. The minimum absolute atomic E-state index is 0.0751. The number of hydrogen-bond donors (Lipinski definition) is 4. The normalized spacial score (nSPS) is 47.4. The molecule has 3 saturated heterocycles. The number of ether oxygens (including phenoxy) is 2.